The molecule has 2 unspecified atom stereocenters. The van der Waals surface area contributed by atoms with Gasteiger partial charge in [-0.05, 0) is 93.9 Å². The Hall–Kier alpha value is -7.76. The molecule has 12 rings (SSSR count). The second-order valence-electron chi connectivity index (χ2n) is 15.3. The Morgan fingerprint density at radius 3 is 2.03 bits per heavy atom. The monoisotopic (exact) mass is 756 g/mol. The number of allylic oxidation sites excluding steroid dienone is 2. The molecule has 0 spiro atoms. The Labute approximate surface area is 341 Å². The van der Waals surface area contributed by atoms with E-state index in [2.05, 4.69) is 204 Å². The smallest absolute Gasteiger partial charge is 0.148 e. The van der Waals surface area contributed by atoms with Crippen molar-refractivity contribution in [2.45, 2.75) is 12.2 Å². The first-order valence-corrected chi connectivity index (χ1v) is 20.1. The molecule has 2 aliphatic rings. The molecule has 0 saturated carbocycles. The van der Waals surface area contributed by atoms with E-state index >= 15 is 0 Å². The Bertz CT molecular complexity index is 3320. The lowest BCUT2D eigenvalue weighted by Crippen LogP contribution is -2.35. The van der Waals surface area contributed by atoms with Crippen LogP contribution in [-0.2, 0) is 0 Å². The maximum Gasteiger partial charge on any atom is 0.148 e. The van der Waals surface area contributed by atoms with Crippen LogP contribution in [0.2, 0.25) is 0 Å². The molecule has 0 fully saturated rings. The van der Waals surface area contributed by atoms with Crippen LogP contribution in [0.1, 0.15) is 11.7 Å². The number of para-hydroxylation sites is 2. The minimum atomic E-state index is -0.0825. The minimum absolute atomic E-state index is 0.0825. The lowest BCUT2D eigenvalue weighted by Gasteiger charge is -2.31. The van der Waals surface area contributed by atoms with E-state index in [9.17, 15) is 0 Å². The molecule has 278 valence electrons. The van der Waals surface area contributed by atoms with Crippen LogP contribution in [-0.4, -0.2) is 21.3 Å². The van der Waals surface area contributed by atoms with Crippen LogP contribution in [0, 0.1) is 0 Å². The molecule has 0 saturated heterocycles. The number of anilines is 1. The van der Waals surface area contributed by atoms with Crippen molar-refractivity contribution in [3.63, 3.8) is 0 Å². The lowest BCUT2D eigenvalue weighted by atomic mass is 9.94. The molecule has 2 atom stereocenters. The summed E-state index contributed by atoms with van der Waals surface area (Å²) in [5.74, 6) is 0.927. The number of nitrogens with zero attached hydrogens (tertiary/aromatic N) is 4. The average molecular weight is 757 g/mol. The molecule has 8 aromatic carbocycles. The van der Waals surface area contributed by atoms with E-state index in [-0.39, 0.29) is 12.2 Å². The topological polar surface area (TPSA) is 46.6 Å². The van der Waals surface area contributed by atoms with Crippen molar-refractivity contribution in [3.05, 3.63) is 212 Å². The summed E-state index contributed by atoms with van der Waals surface area (Å²) < 4.78 is 8.92. The van der Waals surface area contributed by atoms with E-state index in [0.717, 1.165) is 88.9 Å². The summed E-state index contributed by atoms with van der Waals surface area (Å²) in [6.07, 6.45) is 8.49. The molecule has 1 aliphatic heterocycles. The summed E-state index contributed by atoms with van der Waals surface area (Å²) in [5, 5.41) is 4.47. The molecular weight excluding hydrogens is 721 g/mol. The highest BCUT2D eigenvalue weighted by Crippen LogP contribution is 2.42. The van der Waals surface area contributed by atoms with Gasteiger partial charge < -0.3 is 9.32 Å². The molecule has 0 radical (unpaired) electrons. The highest BCUT2D eigenvalue weighted by Gasteiger charge is 2.35. The van der Waals surface area contributed by atoms with Gasteiger partial charge in [0.05, 0.1) is 22.8 Å². The maximum absolute atomic E-state index is 6.66. The number of fused-ring (bicyclic) bond motifs is 7. The third-order valence-corrected chi connectivity index (χ3v) is 11.9. The summed E-state index contributed by atoms with van der Waals surface area (Å²) in [6.45, 7) is 0. The summed E-state index contributed by atoms with van der Waals surface area (Å²) in [5.41, 5.74) is 14.0. The fourth-order valence-electron chi connectivity index (χ4n) is 9.09. The van der Waals surface area contributed by atoms with E-state index in [0.29, 0.717) is 0 Å². The first-order chi connectivity index (χ1) is 29.2. The van der Waals surface area contributed by atoms with Gasteiger partial charge in [-0.1, -0.05) is 146 Å². The van der Waals surface area contributed by atoms with Gasteiger partial charge in [0.1, 0.15) is 23.2 Å². The van der Waals surface area contributed by atoms with Gasteiger partial charge >= 0.3 is 0 Å². The average Bonchev–Trinajstić information content (AvgIpc) is 4.01. The predicted molar refractivity (Wildman–Crippen MR) is 243 cm³/mol. The molecule has 0 bridgehead atoms. The van der Waals surface area contributed by atoms with Gasteiger partial charge in [0, 0.05) is 33.1 Å². The van der Waals surface area contributed by atoms with Crippen LogP contribution in [0.5, 0.6) is 0 Å². The Kier molecular flexibility index (Phi) is 7.60. The molecule has 10 aromatic rings. The number of hydrogen-bond acceptors (Lipinski definition) is 4. The summed E-state index contributed by atoms with van der Waals surface area (Å²) in [7, 11) is 0. The van der Waals surface area contributed by atoms with Crippen molar-refractivity contribution in [2.75, 3.05) is 4.90 Å². The number of rotatable bonds is 6. The molecule has 59 heavy (non-hydrogen) atoms. The SMILES string of the molecule is C1=CC2=NC(c3ccccc3)N(c3ccc(-c4ccc5oc6c7ccccc7c(-c7ccc(-n8c(-c9ccccc9)nc9ccccc98)cc7)cc6c5c4)cc3)C2C=C1. The van der Waals surface area contributed by atoms with Crippen LogP contribution in [0.25, 0.3) is 83.1 Å². The van der Waals surface area contributed by atoms with Gasteiger partial charge in [0.15, 0.2) is 0 Å². The van der Waals surface area contributed by atoms with Crippen molar-refractivity contribution in [3.8, 4) is 39.3 Å². The van der Waals surface area contributed by atoms with Crippen molar-refractivity contribution in [2.24, 2.45) is 4.99 Å². The van der Waals surface area contributed by atoms with Gasteiger partial charge in [0.25, 0.3) is 0 Å². The predicted octanol–water partition coefficient (Wildman–Crippen LogP) is 13.5. The Morgan fingerprint density at radius 1 is 0.508 bits per heavy atom. The number of benzene rings is 8. The third-order valence-electron chi connectivity index (χ3n) is 11.9. The number of hydrogen-bond donors (Lipinski definition) is 0. The van der Waals surface area contributed by atoms with Gasteiger partial charge in [-0.3, -0.25) is 9.56 Å². The zero-order valence-electron chi connectivity index (χ0n) is 32.0. The minimum Gasteiger partial charge on any atom is -0.455 e. The van der Waals surface area contributed by atoms with Gasteiger partial charge in [-0.2, -0.15) is 0 Å². The first-order valence-electron chi connectivity index (χ1n) is 20.1. The number of aromatic nitrogens is 2. The van der Waals surface area contributed by atoms with E-state index < -0.39 is 0 Å². The largest absolute Gasteiger partial charge is 0.455 e. The fraction of sp³-hybridized carbons (Fsp3) is 0.0370. The Morgan fingerprint density at radius 2 is 1.20 bits per heavy atom. The van der Waals surface area contributed by atoms with Crippen LogP contribution < -0.4 is 4.90 Å². The molecule has 1 aliphatic carbocycles. The van der Waals surface area contributed by atoms with Gasteiger partial charge in [-0.15, -0.1) is 0 Å². The summed E-state index contributed by atoms with van der Waals surface area (Å²) in [4.78, 5) is 12.6. The van der Waals surface area contributed by atoms with E-state index in [1.165, 1.54) is 11.1 Å². The van der Waals surface area contributed by atoms with Crippen LogP contribution in [0.3, 0.4) is 0 Å². The van der Waals surface area contributed by atoms with Crippen molar-refractivity contribution >= 4 is 55.1 Å². The molecule has 2 aromatic heterocycles. The highest BCUT2D eigenvalue weighted by molar-refractivity contribution is 6.19. The fourth-order valence-corrected chi connectivity index (χ4v) is 9.09. The van der Waals surface area contributed by atoms with Crippen LogP contribution >= 0.6 is 0 Å². The quantitative estimate of drug-likeness (QED) is 0.170. The van der Waals surface area contributed by atoms with Crippen LogP contribution in [0.4, 0.5) is 5.69 Å². The molecule has 5 nitrogen and oxygen atoms in total. The number of imidazole rings is 1. The molecule has 5 heteroatoms. The van der Waals surface area contributed by atoms with E-state index in [1.54, 1.807) is 0 Å². The normalized spacial score (nSPS) is 16.1. The Balaban J connectivity index is 0.929. The summed E-state index contributed by atoms with van der Waals surface area (Å²) in [6, 6.07) is 64.7. The second kappa shape index (κ2) is 13.4. The van der Waals surface area contributed by atoms with E-state index in [1.807, 2.05) is 12.1 Å². The number of furan rings is 1. The highest BCUT2D eigenvalue weighted by atomic mass is 16.3. The first kappa shape index (κ1) is 33.4. The maximum atomic E-state index is 6.66. The van der Waals surface area contributed by atoms with Crippen molar-refractivity contribution in [1.29, 1.82) is 0 Å². The molecule has 0 amide bonds. The third kappa shape index (κ3) is 5.47. The zero-order chi connectivity index (χ0) is 38.9. The molecule has 0 N–H and O–H groups in total. The van der Waals surface area contributed by atoms with Gasteiger partial charge in [0.2, 0.25) is 0 Å². The lowest BCUT2D eigenvalue weighted by molar-refractivity contribution is 0.673. The standard InChI is InChI=1S/C54H36N4O/c1-3-13-37(14-4-1)53-55-47-19-9-11-21-49(47)57(53)40-28-23-35(24-29-40)39-27-32-51-45(33-39)46-34-44(42-17-7-8-18-43(42)52(46)59-51)36-25-30-41(31-26-36)58-50-22-12-10-20-48(50)56-54(58)38-15-5-2-6-16-38/h1-34,49,53H. The summed E-state index contributed by atoms with van der Waals surface area (Å²) >= 11 is 0. The number of aliphatic imine (C=N–C) groups is 1. The van der Waals surface area contributed by atoms with Crippen molar-refractivity contribution in [1.82, 2.24) is 9.55 Å². The van der Waals surface area contributed by atoms with E-state index in [4.69, 9.17) is 14.4 Å². The molecule has 3 heterocycles. The zero-order valence-corrected chi connectivity index (χ0v) is 32.0. The van der Waals surface area contributed by atoms with Crippen LogP contribution in [0.15, 0.2) is 216 Å². The molecular formula is C54H36N4O. The van der Waals surface area contributed by atoms with Crippen molar-refractivity contribution < 1.29 is 4.42 Å². The van der Waals surface area contributed by atoms with Gasteiger partial charge in [-0.25, -0.2) is 4.98 Å². The second-order valence-corrected chi connectivity index (χ2v) is 15.3.